The third kappa shape index (κ3) is 6.73. The molecule has 0 aliphatic rings. The van der Waals surface area contributed by atoms with Crippen molar-refractivity contribution in [2.24, 2.45) is 0 Å². The Morgan fingerprint density at radius 3 is 2.47 bits per heavy atom. The highest BCUT2D eigenvalue weighted by Gasteiger charge is 2.14. The number of amides is 2. The third-order valence-electron chi connectivity index (χ3n) is 4.12. The SMILES string of the molecule is CCOc1ccccc1C(=O)NC(=S)NNC(=O)COc1cc(C)ccc1C(C)C. The van der Waals surface area contributed by atoms with Crippen molar-refractivity contribution in [3.8, 4) is 11.5 Å². The zero-order valence-electron chi connectivity index (χ0n) is 17.6. The van der Waals surface area contributed by atoms with Crippen LogP contribution in [0.1, 0.15) is 48.2 Å². The van der Waals surface area contributed by atoms with Crippen LogP contribution in [-0.4, -0.2) is 30.1 Å². The maximum atomic E-state index is 12.4. The highest BCUT2D eigenvalue weighted by atomic mass is 32.1. The average Bonchev–Trinajstić information content (AvgIpc) is 2.71. The number of benzene rings is 2. The molecule has 0 saturated heterocycles. The molecule has 0 atom stereocenters. The molecule has 3 N–H and O–H groups in total. The van der Waals surface area contributed by atoms with Gasteiger partial charge in [-0.2, -0.15) is 0 Å². The number of nitrogens with one attached hydrogen (secondary N) is 3. The lowest BCUT2D eigenvalue weighted by molar-refractivity contribution is -0.123. The van der Waals surface area contributed by atoms with Crippen LogP contribution < -0.4 is 25.6 Å². The van der Waals surface area contributed by atoms with Gasteiger partial charge in [0.1, 0.15) is 11.5 Å². The Hall–Kier alpha value is -3.13. The molecule has 2 amide bonds. The van der Waals surface area contributed by atoms with E-state index in [0.717, 1.165) is 11.1 Å². The van der Waals surface area contributed by atoms with Crippen molar-refractivity contribution in [1.29, 1.82) is 0 Å². The Morgan fingerprint density at radius 2 is 1.77 bits per heavy atom. The standard InChI is InChI=1S/C22H27N3O4S/c1-5-28-18-9-7-6-8-17(18)21(27)23-22(30)25-24-20(26)13-29-19-12-15(4)10-11-16(19)14(2)3/h6-12,14H,5,13H2,1-4H3,(H,24,26)(H2,23,25,27,30). The highest BCUT2D eigenvalue weighted by molar-refractivity contribution is 7.80. The van der Waals surface area contributed by atoms with E-state index in [2.05, 4.69) is 30.0 Å². The number of hydrogen-bond acceptors (Lipinski definition) is 5. The van der Waals surface area contributed by atoms with Gasteiger partial charge < -0.3 is 9.47 Å². The van der Waals surface area contributed by atoms with E-state index in [1.165, 1.54) is 0 Å². The minimum Gasteiger partial charge on any atom is -0.493 e. The molecule has 0 heterocycles. The number of ether oxygens (including phenoxy) is 2. The van der Waals surface area contributed by atoms with Gasteiger partial charge in [-0.3, -0.25) is 25.8 Å². The summed E-state index contributed by atoms with van der Waals surface area (Å²) in [7, 11) is 0. The van der Waals surface area contributed by atoms with E-state index >= 15 is 0 Å². The van der Waals surface area contributed by atoms with E-state index in [4.69, 9.17) is 21.7 Å². The average molecular weight is 430 g/mol. The van der Waals surface area contributed by atoms with E-state index in [1.807, 2.05) is 32.0 Å². The van der Waals surface area contributed by atoms with Gasteiger partial charge in [0.15, 0.2) is 11.7 Å². The van der Waals surface area contributed by atoms with Crippen LogP contribution >= 0.6 is 12.2 Å². The van der Waals surface area contributed by atoms with E-state index in [9.17, 15) is 9.59 Å². The van der Waals surface area contributed by atoms with Gasteiger partial charge in [-0.15, -0.1) is 0 Å². The number of thiocarbonyl (C=S) groups is 1. The van der Waals surface area contributed by atoms with Crippen LogP contribution in [0.4, 0.5) is 0 Å². The first-order chi connectivity index (χ1) is 14.3. The summed E-state index contributed by atoms with van der Waals surface area (Å²) in [5.41, 5.74) is 7.33. The molecule has 0 unspecified atom stereocenters. The summed E-state index contributed by atoms with van der Waals surface area (Å²) in [6, 6.07) is 12.7. The number of rotatable bonds is 7. The van der Waals surface area contributed by atoms with E-state index in [1.54, 1.807) is 24.3 Å². The van der Waals surface area contributed by atoms with E-state index < -0.39 is 11.8 Å². The minimum absolute atomic E-state index is 0.0434. The fourth-order valence-corrected chi connectivity index (χ4v) is 2.83. The lowest BCUT2D eigenvalue weighted by Crippen LogP contribution is -2.49. The Bertz CT molecular complexity index is 915. The summed E-state index contributed by atoms with van der Waals surface area (Å²) in [5.74, 6) is 0.519. The first-order valence-electron chi connectivity index (χ1n) is 9.67. The van der Waals surface area contributed by atoms with E-state index in [-0.39, 0.29) is 17.6 Å². The number of hydrazine groups is 1. The quantitative estimate of drug-likeness (QED) is 0.463. The molecule has 7 nitrogen and oxygen atoms in total. The van der Waals surface area contributed by atoms with Crippen LogP contribution in [0.3, 0.4) is 0 Å². The molecular weight excluding hydrogens is 402 g/mol. The van der Waals surface area contributed by atoms with Crippen LogP contribution in [0.2, 0.25) is 0 Å². The van der Waals surface area contributed by atoms with Crippen molar-refractivity contribution >= 4 is 29.1 Å². The van der Waals surface area contributed by atoms with Crippen LogP contribution in [0, 0.1) is 6.92 Å². The summed E-state index contributed by atoms with van der Waals surface area (Å²) in [6.07, 6.45) is 0. The number of hydrogen-bond donors (Lipinski definition) is 3. The van der Waals surface area contributed by atoms with Gasteiger partial charge >= 0.3 is 0 Å². The van der Waals surface area contributed by atoms with Gasteiger partial charge in [0.05, 0.1) is 12.2 Å². The van der Waals surface area contributed by atoms with Gasteiger partial charge in [-0.1, -0.05) is 38.1 Å². The smallest absolute Gasteiger partial charge is 0.276 e. The van der Waals surface area contributed by atoms with Crippen molar-refractivity contribution in [3.63, 3.8) is 0 Å². The highest BCUT2D eigenvalue weighted by Crippen LogP contribution is 2.27. The van der Waals surface area contributed by atoms with E-state index in [0.29, 0.717) is 23.7 Å². The maximum Gasteiger partial charge on any atom is 0.276 e. The second kappa shape index (κ2) is 11.2. The van der Waals surface area contributed by atoms with Crippen LogP contribution in [0.25, 0.3) is 0 Å². The fourth-order valence-electron chi connectivity index (χ4n) is 2.69. The van der Waals surface area contributed by atoms with Crippen molar-refractivity contribution in [1.82, 2.24) is 16.2 Å². The number of carbonyl (C=O) groups excluding carboxylic acids is 2. The first-order valence-corrected chi connectivity index (χ1v) is 10.1. The normalized spacial score (nSPS) is 10.3. The third-order valence-corrected chi connectivity index (χ3v) is 4.33. The summed E-state index contributed by atoms with van der Waals surface area (Å²) in [4.78, 5) is 24.5. The molecule has 30 heavy (non-hydrogen) atoms. The van der Waals surface area contributed by atoms with Crippen molar-refractivity contribution in [2.75, 3.05) is 13.2 Å². The maximum absolute atomic E-state index is 12.4. The second-order valence-electron chi connectivity index (χ2n) is 6.87. The minimum atomic E-state index is -0.441. The largest absolute Gasteiger partial charge is 0.493 e. The Labute approximate surface area is 182 Å². The zero-order chi connectivity index (χ0) is 22.1. The molecule has 0 radical (unpaired) electrons. The molecule has 2 aromatic carbocycles. The van der Waals surface area contributed by atoms with Crippen LogP contribution in [-0.2, 0) is 4.79 Å². The van der Waals surface area contributed by atoms with Crippen LogP contribution in [0.15, 0.2) is 42.5 Å². The Kier molecular flexibility index (Phi) is 8.61. The molecule has 0 aliphatic heterocycles. The number of para-hydroxylation sites is 1. The summed E-state index contributed by atoms with van der Waals surface area (Å²) < 4.78 is 11.1. The summed E-state index contributed by atoms with van der Waals surface area (Å²) in [6.45, 7) is 8.15. The van der Waals surface area contributed by atoms with Gasteiger partial charge in [0.2, 0.25) is 0 Å². The monoisotopic (exact) mass is 429 g/mol. The summed E-state index contributed by atoms with van der Waals surface area (Å²) >= 11 is 5.07. The predicted molar refractivity (Wildman–Crippen MR) is 120 cm³/mol. The molecule has 0 bridgehead atoms. The first kappa shape index (κ1) is 23.2. The number of carbonyl (C=O) groups is 2. The topological polar surface area (TPSA) is 88.7 Å². The fraction of sp³-hybridized carbons (Fsp3) is 0.318. The Balaban J connectivity index is 1.85. The molecule has 0 aromatic heterocycles. The van der Waals surface area contributed by atoms with Crippen LogP contribution in [0.5, 0.6) is 11.5 Å². The number of aryl methyl sites for hydroxylation is 1. The molecule has 2 aromatic rings. The predicted octanol–water partition coefficient (Wildman–Crippen LogP) is 3.23. The molecule has 8 heteroatoms. The zero-order valence-corrected chi connectivity index (χ0v) is 18.4. The van der Waals surface area contributed by atoms with Gasteiger partial charge in [0.25, 0.3) is 11.8 Å². The van der Waals surface area contributed by atoms with Crippen molar-refractivity contribution in [3.05, 3.63) is 59.2 Å². The molecule has 0 fully saturated rings. The molecule has 160 valence electrons. The molecule has 2 rings (SSSR count). The Morgan fingerprint density at radius 1 is 1.03 bits per heavy atom. The van der Waals surface area contributed by atoms with Crippen molar-refractivity contribution < 1.29 is 19.1 Å². The molecule has 0 spiro atoms. The molecular formula is C22H27N3O4S. The molecule has 0 aliphatic carbocycles. The lowest BCUT2D eigenvalue weighted by atomic mass is 10.0. The van der Waals surface area contributed by atoms with Gasteiger partial charge in [-0.05, 0) is 61.3 Å². The summed E-state index contributed by atoms with van der Waals surface area (Å²) in [5, 5.41) is 2.46. The van der Waals surface area contributed by atoms with Crippen molar-refractivity contribution in [2.45, 2.75) is 33.6 Å². The van der Waals surface area contributed by atoms with Gasteiger partial charge in [0, 0.05) is 0 Å². The van der Waals surface area contributed by atoms with Gasteiger partial charge in [-0.25, -0.2) is 0 Å². The second-order valence-corrected chi connectivity index (χ2v) is 7.28. The lowest BCUT2D eigenvalue weighted by Gasteiger charge is -2.15. The molecule has 0 saturated carbocycles.